The van der Waals surface area contributed by atoms with Gasteiger partial charge in [-0.3, -0.25) is 0 Å². The van der Waals surface area contributed by atoms with E-state index in [4.69, 9.17) is 4.74 Å². The molecule has 0 radical (unpaired) electrons. The molecule has 0 amide bonds. The normalized spacial score (nSPS) is 16.6. The minimum atomic E-state index is -3.42. The van der Waals surface area contributed by atoms with Gasteiger partial charge in [0.05, 0.1) is 11.5 Å². The van der Waals surface area contributed by atoms with E-state index in [9.17, 15) is 8.42 Å². The lowest BCUT2D eigenvalue weighted by Crippen LogP contribution is -2.33. The second-order valence-corrected chi connectivity index (χ2v) is 7.81. The quantitative estimate of drug-likeness (QED) is 0.677. The lowest BCUT2D eigenvalue weighted by atomic mass is 9.84. The van der Waals surface area contributed by atoms with Crippen LogP contribution >= 0.6 is 0 Å². The van der Waals surface area contributed by atoms with E-state index in [2.05, 4.69) is 10.0 Å². The molecule has 0 heterocycles. The van der Waals surface area contributed by atoms with Gasteiger partial charge in [-0.2, -0.15) is 0 Å². The summed E-state index contributed by atoms with van der Waals surface area (Å²) in [5, 5.41) is 3.11. The zero-order chi connectivity index (χ0) is 16.5. The van der Waals surface area contributed by atoms with Gasteiger partial charge in [0.15, 0.2) is 0 Å². The van der Waals surface area contributed by atoms with Gasteiger partial charge in [-0.05, 0) is 36.5 Å². The molecule has 6 heteroatoms. The van der Waals surface area contributed by atoms with Crippen LogP contribution in [0.2, 0.25) is 0 Å². The maximum absolute atomic E-state index is 12.2. The molecule has 5 nitrogen and oxygen atoms in total. The first kappa shape index (κ1) is 18.4. The summed E-state index contributed by atoms with van der Waals surface area (Å²) in [6, 6.07) is 7.40. The van der Waals surface area contributed by atoms with Crippen molar-refractivity contribution in [3.63, 3.8) is 0 Å². The third-order valence-electron chi connectivity index (χ3n) is 4.34. The Labute approximate surface area is 139 Å². The van der Waals surface area contributed by atoms with Gasteiger partial charge in [0.25, 0.3) is 0 Å². The van der Waals surface area contributed by atoms with Crippen molar-refractivity contribution in [1.29, 1.82) is 0 Å². The molecule has 0 aliphatic heterocycles. The third-order valence-corrected chi connectivity index (χ3v) is 5.82. The maximum atomic E-state index is 12.2. The number of ether oxygens (including phenoxy) is 1. The van der Waals surface area contributed by atoms with E-state index in [1.165, 1.54) is 37.7 Å². The Hall–Kier alpha value is -0.950. The van der Waals surface area contributed by atoms with Crippen molar-refractivity contribution >= 4 is 10.0 Å². The Morgan fingerprint density at radius 3 is 2.39 bits per heavy atom. The molecule has 23 heavy (non-hydrogen) atoms. The van der Waals surface area contributed by atoms with Crippen LogP contribution in [-0.2, 0) is 14.8 Å². The average Bonchev–Trinajstić information content (AvgIpc) is 2.59. The lowest BCUT2D eigenvalue weighted by Gasteiger charge is -2.22. The molecule has 1 saturated carbocycles. The highest BCUT2D eigenvalue weighted by Crippen LogP contribution is 2.32. The van der Waals surface area contributed by atoms with Crippen molar-refractivity contribution in [3.05, 3.63) is 29.8 Å². The zero-order valence-electron chi connectivity index (χ0n) is 13.9. The Kier molecular flexibility index (Phi) is 7.49. The Morgan fingerprint density at radius 2 is 1.74 bits per heavy atom. The number of benzene rings is 1. The summed E-state index contributed by atoms with van der Waals surface area (Å²) in [4.78, 5) is 0.342. The molecule has 1 fully saturated rings. The largest absolute Gasteiger partial charge is 0.383 e. The molecular weight excluding hydrogens is 312 g/mol. The van der Waals surface area contributed by atoms with E-state index in [0.717, 1.165) is 0 Å². The van der Waals surface area contributed by atoms with Crippen LogP contribution in [0.15, 0.2) is 29.2 Å². The van der Waals surface area contributed by atoms with Crippen LogP contribution in [0.4, 0.5) is 0 Å². The summed E-state index contributed by atoms with van der Waals surface area (Å²) < 4.78 is 32.0. The lowest BCUT2D eigenvalue weighted by molar-refractivity contribution is 0.199. The molecule has 0 spiro atoms. The van der Waals surface area contributed by atoms with E-state index in [-0.39, 0.29) is 0 Å². The average molecular weight is 340 g/mol. The predicted molar refractivity (Wildman–Crippen MR) is 92.2 cm³/mol. The van der Waals surface area contributed by atoms with Gasteiger partial charge in [-0.15, -0.1) is 0 Å². The van der Waals surface area contributed by atoms with E-state index >= 15 is 0 Å². The molecule has 2 N–H and O–H groups in total. The molecular formula is C17H28N2O3S. The summed E-state index contributed by atoms with van der Waals surface area (Å²) >= 11 is 0. The van der Waals surface area contributed by atoms with Crippen LogP contribution < -0.4 is 10.0 Å². The van der Waals surface area contributed by atoms with Crippen molar-refractivity contribution in [2.75, 3.05) is 33.4 Å². The molecule has 2 rings (SSSR count). The fourth-order valence-electron chi connectivity index (χ4n) is 3.01. The molecule has 130 valence electrons. The minimum Gasteiger partial charge on any atom is -0.383 e. The van der Waals surface area contributed by atoms with Crippen LogP contribution in [0.5, 0.6) is 0 Å². The molecule has 1 aliphatic carbocycles. The van der Waals surface area contributed by atoms with Gasteiger partial charge in [0.1, 0.15) is 0 Å². The van der Waals surface area contributed by atoms with E-state index in [1.54, 1.807) is 19.2 Å². The summed E-state index contributed by atoms with van der Waals surface area (Å²) in [5.74, 6) is 0.596. The first-order chi connectivity index (χ1) is 11.1. The summed E-state index contributed by atoms with van der Waals surface area (Å²) in [5.41, 5.74) is 1.27. The molecule has 0 bridgehead atoms. The van der Waals surface area contributed by atoms with Gasteiger partial charge >= 0.3 is 0 Å². The maximum Gasteiger partial charge on any atom is 0.240 e. The summed E-state index contributed by atoms with van der Waals surface area (Å²) in [6.07, 6.45) is 6.32. The third kappa shape index (κ3) is 5.88. The second-order valence-electron chi connectivity index (χ2n) is 6.04. The van der Waals surface area contributed by atoms with Gasteiger partial charge < -0.3 is 10.1 Å². The zero-order valence-corrected chi connectivity index (χ0v) is 14.7. The Morgan fingerprint density at radius 1 is 1.04 bits per heavy atom. The summed E-state index contributed by atoms with van der Waals surface area (Å²) in [7, 11) is -1.78. The highest BCUT2D eigenvalue weighted by molar-refractivity contribution is 7.89. The monoisotopic (exact) mass is 340 g/mol. The molecule has 1 aliphatic rings. The number of rotatable bonds is 9. The molecule has 1 aromatic rings. The number of nitrogens with one attached hydrogen (secondary N) is 2. The van der Waals surface area contributed by atoms with Crippen molar-refractivity contribution < 1.29 is 13.2 Å². The molecule has 0 saturated heterocycles. The summed E-state index contributed by atoms with van der Waals surface area (Å²) in [6.45, 7) is 2.29. The smallest absolute Gasteiger partial charge is 0.240 e. The second kappa shape index (κ2) is 9.37. The predicted octanol–water partition coefficient (Wildman–Crippen LogP) is 2.25. The van der Waals surface area contributed by atoms with Crippen LogP contribution in [0, 0.1) is 0 Å². The van der Waals surface area contributed by atoms with Crippen molar-refractivity contribution in [1.82, 2.24) is 10.0 Å². The molecule has 0 aromatic heterocycles. The SMILES string of the molecule is COCCNCCNS(=O)(=O)c1ccc(C2CCCCC2)cc1. The standard InChI is InChI=1S/C17H28N2O3S/c1-22-14-13-18-11-12-19-23(20,21)17-9-7-16(8-10-17)15-5-3-2-4-6-15/h7-10,15,18-19H,2-6,11-14H2,1H3. The first-order valence-electron chi connectivity index (χ1n) is 8.43. The van der Waals surface area contributed by atoms with Gasteiger partial charge in [0.2, 0.25) is 10.0 Å². The van der Waals surface area contributed by atoms with Crippen LogP contribution in [0.1, 0.15) is 43.6 Å². The number of hydrogen-bond acceptors (Lipinski definition) is 4. The number of hydrogen-bond donors (Lipinski definition) is 2. The number of methoxy groups -OCH3 is 1. The van der Waals surface area contributed by atoms with E-state index in [0.29, 0.717) is 37.1 Å². The van der Waals surface area contributed by atoms with E-state index in [1.807, 2.05) is 12.1 Å². The number of sulfonamides is 1. The fraction of sp³-hybridized carbons (Fsp3) is 0.647. The van der Waals surface area contributed by atoms with Gasteiger partial charge in [-0.1, -0.05) is 31.4 Å². The molecule has 1 aromatic carbocycles. The Bertz CT molecular complexity index is 552. The highest BCUT2D eigenvalue weighted by atomic mass is 32.2. The fourth-order valence-corrected chi connectivity index (χ4v) is 4.04. The highest BCUT2D eigenvalue weighted by Gasteiger charge is 2.17. The van der Waals surface area contributed by atoms with Crippen LogP contribution in [0.25, 0.3) is 0 Å². The topological polar surface area (TPSA) is 67.4 Å². The molecule has 0 unspecified atom stereocenters. The van der Waals surface area contributed by atoms with Gasteiger partial charge in [-0.25, -0.2) is 13.1 Å². The minimum absolute atomic E-state index is 0.342. The van der Waals surface area contributed by atoms with Gasteiger partial charge in [0, 0.05) is 26.7 Å². The molecule has 0 atom stereocenters. The van der Waals surface area contributed by atoms with E-state index < -0.39 is 10.0 Å². The van der Waals surface area contributed by atoms with Crippen molar-refractivity contribution in [3.8, 4) is 0 Å². The van der Waals surface area contributed by atoms with Crippen LogP contribution in [0.3, 0.4) is 0 Å². The first-order valence-corrected chi connectivity index (χ1v) is 9.91. The van der Waals surface area contributed by atoms with Crippen LogP contribution in [-0.4, -0.2) is 41.8 Å². The van der Waals surface area contributed by atoms with Crippen molar-refractivity contribution in [2.45, 2.75) is 42.9 Å². The Balaban J connectivity index is 1.84. The van der Waals surface area contributed by atoms with Crippen molar-refractivity contribution in [2.24, 2.45) is 0 Å².